The second-order valence-corrected chi connectivity index (χ2v) is 9.98. The maximum atomic E-state index is 13.3. The SMILES string of the molecule is CCOC(=O)c1sc(NC(=O)COC(=O)c2c3c(nc4ccccc24)CCN(C(C)C)C3)c(C#N)c1C. The zero-order valence-electron chi connectivity index (χ0n) is 21.2. The Labute approximate surface area is 219 Å². The number of nitrogens with zero attached hydrogens (tertiary/aromatic N) is 3. The van der Waals surface area contributed by atoms with E-state index in [9.17, 15) is 19.6 Å². The molecule has 2 aromatic heterocycles. The van der Waals surface area contributed by atoms with Crippen LogP contribution in [0.25, 0.3) is 10.9 Å². The molecule has 1 amide bonds. The second-order valence-electron chi connectivity index (χ2n) is 8.96. The van der Waals surface area contributed by atoms with Crippen molar-refractivity contribution in [2.24, 2.45) is 0 Å². The zero-order chi connectivity index (χ0) is 26.7. The van der Waals surface area contributed by atoms with Gasteiger partial charge in [0.15, 0.2) is 6.61 Å². The Hall–Kier alpha value is -3.81. The Morgan fingerprint density at radius 3 is 2.68 bits per heavy atom. The third-order valence-electron chi connectivity index (χ3n) is 6.32. The van der Waals surface area contributed by atoms with Crippen LogP contribution >= 0.6 is 11.3 Å². The van der Waals surface area contributed by atoms with Gasteiger partial charge in [0.1, 0.15) is 15.9 Å². The van der Waals surface area contributed by atoms with Gasteiger partial charge < -0.3 is 14.8 Å². The van der Waals surface area contributed by atoms with Crippen molar-refractivity contribution in [1.82, 2.24) is 9.88 Å². The number of pyridine rings is 1. The first-order chi connectivity index (χ1) is 17.7. The molecule has 1 N–H and O–H groups in total. The van der Waals surface area contributed by atoms with Crippen LogP contribution in [-0.2, 0) is 27.2 Å². The monoisotopic (exact) mass is 520 g/mol. The number of esters is 2. The van der Waals surface area contributed by atoms with Crippen LogP contribution in [0.3, 0.4) is 0 Å². The molecular formula is C27H28N4O5S. The van der Waals surface area contributed by atoms with E-state index in [-0.39, 0.29) is 22.0 Å². The minimum Gasteiger partial charge on any atom is -0.462 e. The van der Waals surface area contributed by atoms with Crippen molar-refractivity contribution in [2.75, 3.05) is 25.1 Å². The van der Waals surface area contributed by atoms with Gasteiger partial charge in [-0.25, -0.2) is 9.59 Å². The quantitative estimate of drug-likeness (QED) is 0.460. The van der Waals surface area contributed by atoms with E-state index < -0.39 is 24.5 Å². The predicted octanol–water partition coefficient (Wildman–Crippen LogP) is 4.22. The number of fused-ring (bicyclic) bond motifs is 2. The van der Waals surface area contributed by atoms with Gasteiger partial charge in [0.05, 0.1) is 23.3 Å². The Morgan fingerprint density at radius 1 is 1.22 bits per heavy atom. The Bertz CT molecular complexity index is 1420. The van der Waals surface area contributed by atoms with Gasteiger partial charge in [-0.1, -0.05) is 18.2 Å². The summed E-state index contributed by atoms with van der Waals surface area (Å²) in [6.07, 6.45) is 0.719. The highest BCUT2D eigenvalue weighted by atomic mass is 32.1. The third kappa shape index (κ3) is 5.33. The van der Waals surface area contributed by atoms with E-state index in [1.54, 1.807) is 13.8 Å². The van der Waals surface area contributed by atoms with Crippen molar-refractivity contribution in [3.05, 3.63) is 57.1 Å². The van der Waals surface area contributed by atoms with E-state index in [2.05, 4.69) is 24.1 Å². The molecule has 0 fully saturated rings. The summed E-state index contributed by atoms with van der Waals surface area (Å²) in [4.78, 5) is 45.5. The zero-order valence-corrected chi connectivity index (χ0v) is 22.0. The molecule has 1 aliphatic heterocycles. The highest BCUT2D eigenvalue weighted by molar-refractivity contribution is 7.18. The number of carbonyl (C=O) groups excluding carboxylic acids is 3. The third-order valence-corrected chi connectivity index (χ3v) is 7.50. The summed E-state index contributed by atoms with van der Waals surface area (Å²) in [5.41, 5.74) is 3.43. The van der Waals surface area contributed by atoms with Crippen molar-refractivity contribution >= 4 is 45.1 Å². The molecule has 0 saturated carbocycles. The number of nitriles is 1. The molecule has 0 saturated heterocycles. The summed E-state index contributed by atoms with van der Waals surface area (Å²) in [6, 6.07) is 9.72. The van der Waals surface area contributed by atoms with E-state index in [4.69, 9.17) is 14.5 Å². The largest absolute Gasteiger partial charge is 0.462 e. The standard InChI is InChI=1S/C27H28N4O5S/c1-5-35-27(34)24-16(4)18(12-28)25(37-24)30-22(32)14-36-26(33)23-17-8-6-7-9-20(17)29-21-10-11-31(15(2)3)13-19(21)23/h6-9,15H,5,10-11,13-14H2,1-4H3,(H,30,32). The number of benzene rings is 1. The Kier molecular flexibility index (Phi) is 7.86. The molecule has 0 bridgehead atoms. The molecule has 3 heterocycles. The smallest absolute Gasteiger partial charge is 0.348 e. The number of carbonyl (C=O) groups is 3. The highest BCUT2D eigenvalue weighted by Crippen LogP contribution is 2.33. The first kappa shape index (κ1) is 26.3. The van der Waals surface area contributed by atoms with Crippen LogP contribution in [0.2, 0.25) is 0 Å². The van der Waals surface area contributed by atoms with Crippen molar-refractivity contribution in [3.63, 3.8) is 0 Å². The van der Waals surface area contributed by atoms with Crippen LogP contribution in [0.5, 0.6) is 0 Å². The molecule has 1 aromatic carbocycles. The van der Waals surface area contributed by atoms with Crippen molar-refractivity contribution in [3.8, 4) is 6.07 Å². The molecule has 1 aliphatic rings. The number of thiophene rings is 1. The van der Waals surface area contributed by atoms with Gasteiger partial charge in [0.25, 0.3) is 5.91 Å². The summed E-state index contributed by atoms with van der Waals surface area (Å²) in [5, 5.41) is 13.0. The summed E-state index contributed by atoms with van der Waals surface area (Å²) < 4.78 is 10.5. The molecule has 37 heavy (non-hydrogen) atoms. The molecule has 0 radical (unpaired) electrons. The molecular weight excluding hydrogens is 492 g/mol. The Balaban J connectivity index is 1.55. The molecule has 192 valence electrons. The van der Waals surface area contributed by atoms with Crippen LogP contribution in [0.15, 0.2) is 24.3 Å². The molecule has 0 unspecified atom stereocenters. The van der Waals surface area contributed by atoms with E-state index in [1.807, 2.05) is 30.3 Å². The second kappa shape index (κ2) is 11.1. The number of hydrogen-bond donors (Lipinski definition) is 1. The molecule has 4 rings (SSSR count). The van der Waals surface area contributed by atoms with Gasteiger partial charge in [-0.2, -0.15) is 5.26 Å². The average molecular weight is 521 g/mol. The van der Waals surface area contributed by atoms with Gasteiger partial charge in [0.2, 0.25) is 0 Å². The molecule has 10 heteroatoms. The highest BCUT2D eigenvalue weighted by Gasteiger charge is 2.28. The fraction of sp³-hybridized carbons (Fsp3) is 0.370. The van der Waals surface area contributed by atoms with Gasteiger partial charge >= 0.3 is 11.9 Å². The first-order valence-electron chi connectivity index (χ1n) is 12.1. The van der Waals surface area contributed by atoms with Crippen LogP contribution in [0.4, 0.5) is 5.00 Å². The number of amides is 1. The van der Waals surface area contributed by atoms with Gasteiger partial charge in [-0.05, 0) is 39.3 Å². The van der Waals surface area contributed by atoms with Crippen molar-refractivity contribution < 1.29 is 23.9 Å². The maximum absolute atomic E-state index is 13.3. The van der Waals surface area contributed by atoms with Crippen LogP contribution < -0.4 is 5.32 Å². The lowest BCUT2D eigenvalue weighted by molar-refractivity contribution is -0.119. The van der Waals surface area contributed by atoms with Crippen molar-refractivity contribution in [1.29, 1.82) is 5.26 Å². The minimum atomic E-state index is -0.613. The number of rotatable bonds is 7. The fourth-order valence-corrected chi connectivity index (χ4v) is 5.45. The van der Waals surface area contributed by atoms with Crippen LogP contribution in [0, 0.1) is 18.3 Å². The summed E-state index contributed by atoms with van der Waals surface area (Å²) in [6.45, 7) is 8.59. The van der Waals surface area contributed by atoms with E-state index in [0.29, 0.717) is 34.6 Å². The molecule has 0 aliphatic carbocycles. The summed E-state index contributed by atoms with van der Waals surface area (Å²) in [5.74, 6) is -1.78. The number of aromatic nitrogens is 1. The number of para-hydroxylation sites is 1. The first-order valence-corrected chi connectivity index (χ1v) is 12.9. The molecule has 9 nitrogen and oxygen atoms in total. The van der Waals surface area contributed by atoms with E-state index in [0.717, 1.165) is 35.6 Å². The topological polar surface area (TPSA) is 122 Å². The molecule has 0 spiro atoms. The normalized spacial score (nSPS) is 13.2. The van der Waals surface area contributed by atoms with Crippen molar-refractivity contribution in [2.45, 2.75) is 46.7 Å². The number of ether oxygens (including phenoxy) is 2. The maximum Gasteiger partial charge on any atom is 0.348 e. The van der Waals surface area contributed by atoms with Gasteiger partial charge in [0, 0.05) is 42.2 Å². The van der Waals surface area contributed by atoms with E-state index in [1.165, 1.54) is 0 Å². The lowest BCUT2D eigenvalue weighted by Gasteiger charge is -2.32. The Morgan fingerprint density at radius 2 is 1.97 bits per heavy atom. The number of nitrogens with one attached hydrogen (secondary N) is 1. The molecule has 0 atom stereocenters. The van der Waals surface area contributed by atoms with E-state index >= 15 is 0 Å². The predicted molar refractivity (Wildman–Crippen MR) is 140 cm³/mol. The minimum absolute atomic E-state index is 0.177. The van der Waals surface area contributed by atoms with Gasteiger partial charge in [-0.3, -0.25) is 14.7 Å². The summed E-state index contributed by atoms with van der Waals surface area (Å²) >= 11 is 0.958. The number of hydrogen-bond acceptors (Lipinski definition) is 9. The summed E-state index contributed by atoms with van der Waals surface area (Å²) in [7, 11) is 0. The number of anilines is 1. The fourth-order valence-electron chi connectivity index (χ4n) is 4.38. The lowest BCUT2D eigenvalue weighted by Crippen LogP contribution is -2.37. The lowest BCUT2D eigenvalue weighted by atomic mass is 9.95. The molecule has 3 aromatic rings. The van der Waals surface area contributed by atoms with Crippen LogP contribution in [-0.4, -0.2) is 53.5 Å². The van der Waals surface area contributed by atoms with Crippen LogP contribution in [0.1, 0.15) is 63.2 Å². The average Bonchev–Trinajstić information content (AvgIpc) is 3.20. The van der Waals surface area contributed by atoms with Gasteiger partial charge in [-0.15, -0.1) is 11.3 Å².